The Morgan fingerprint density at radius 1 is 1.09 bits per heavy atom. The molecule has 0 heteroatoms. The van der Waals surface area contributed by atoms with Crippen LogP contribution in [0.5, 0.6) is 0 Å². The molecule has 1 rings (SSSR count). The molecule has 0 saturated carbocycles. The summed E-state index contributed by atoms with van der Waals surface area (Å²) in [4.78, 5) is 0. The number of rotatable bonds is 0. The maximum Gasteiger partial charge on any atom is 0.0242 e. The van der Waals surface area contributed by atoms with E-state index in [-0.39, 0.29) is 0 Å². The molecule has 0 nitrogen and oxygen atoms in total. The van der Waals surface area contributed by atoms with Gasteiger partial charge in [0.25, 0.3) is 0 Å². The third kappa shape index (κ3) is 4.82. The molecule has 0 spiro atoms. The average Bonchev–Trinajstić information content (AvgIpc) is 2.08. The van der Waals surface area contributed by atoms with Crippen LogP contribution < -0.4 is 0 Å². The van der Waals surface area contributed by atoms with Gasteiger partial charge in [-0.2, -0.15) is 0 Å². The Hall–Kier alpha value is -1.66. The van der Waals surface area contributed by atoms with Gasteiger partial charge in [-0.1, -0.05) is 24.1 Å². The number of hydrogen-bond donors (Lipinski definition) is 0. The molecule has 0 N–H and O–H groups in total. The predicted octanol–water partition coefficient (Wildman–Crippen LogP) is 2.31. The third-order valence-electron chi connectivity index (χ3n) is 0.940. The van der Waals surface area contributed by atoms with Crippen LogP contribution in [0.25, 0.3) is 0 Å². The van der Waals surface area contributed by atoms with Gasteiger partial charge in [0.2, 0.25) is 0 Å². The Labute approximate surface area is 68.3 Å². The fourth-order valence-electron chi connectivity index (χ4n) is 0.534. The van der Waals surface area contributed by atoms with E-state index >= 15 is 0 Å². The van der Waals surface area contributed by atoms with Gasteiger partial charge in [0.1, 0.15) is 0 Å². The third-order valence-corrected chi connectivity index (χ3v) is 0.940. The van der Waals surface area contributed by atoms with Gasteiger partial charge in [0, 0.05) is 5.56 Å². The zero-order valence-electron chi connectivity index (χ0n) is 6.54. The minimum atomic E-state index is 0.938. The van der Waals surface area contributed by atoms with E-state index in [1.54, 1.807) is 6.92 Å². The maximum atomic E-state index is 5.10. The molecule has 0 aliphatic heterocycles. The number of benzene rings is 1. The SMILES string of the molecule is C#CC.C#Cc1ccccc1. The highest BCUT2D eigenvalue weighted by molar-refractivity contribution is 5.30. The van der Waals surface area contributed by atoms with Crippen LogP contribution in [0.4, 0.5) is 0 Å². The molecule has 0 atom stereocenters. The van der Waals surface area contributed by atoms with Gasteiger partial charge in [-0.05, 0) is 19.1 Å². The van der Waals surface area contributed by atoms with Crippen LogP contribution >= 0.6 is 0 Å². The summed E-state index contributed by atoms with van der Waals surface area (Å²) >= 11 is 0. The summed E-state index contributed by atoms with van der Waals surface area (Å²) in [6.07, 6.45) is 9.70. The Morgan fingerprint density at radius 3 is 1.82 bits per heavy atom. The molecule has 0 unspecified atom stereocenters. The quantitative estimate of drug-likeness (QED) is 0.487. The smallest absolute Gasteiger partial charge is 0.0242 e. The Kier molecular flexibility index (Phi) is 5.49. The van der Waals surface area contributed by atoms with Crippen molar-refractivity contribution in [2.24, 2.45) is 0 Å². The van der Waals surface area contributed by atoms with Gasteiger partial charge < -0.3 is 0 Å². The minimum absolute atomic E-state index is 0.938. The molecule has 0 bridgehead atoms. The zero-order valence-corrected chi connectivity index (χ0v) is 6.54. The van der Waals surface area contributed by atoms with E-state index in [0.29, 0.717) is 0 Å². The van der Waals surface area contributed by atoms with Crippen LogP contribution in [0.1, 0.15) is 12.5 Å². The van der Waals surface area contributed by atoms with Crippen molar-refractivity contribution >= 4 is 0 Å². The van der Waals surface area contributed by atoms with Crippen molar-refractivity contribution in [3.05, 3.63) is 35.9 Å². The summed E-state index contributed by atoms with van der Waals surface area (Å²) in [5, 5.41) is 0. The van der Waals surface area contributed by atoms with E-state index in [4.69, 9.17) is 6.42 Å². The van der Waals surface area contributed by atoms with Gasteiger partial charge in [-0.25, -0.2) is 0 Å². The number of hydrogen-bond acceptors (Lipinski definition) is 0. The highest BCUT2D eigenvalue weighted by Gasteiger charge is 1.76. The monoisotopic (exact) mass is 142 g/mol. The van der Waals surface area contributed by atoms with Gasteiger partial charge in [0.15, 0.2) is 0 Å². The second-order valence-electron chi connectivity index (χ2n) is 1.80. The van der Waals surface area contributed by atoms with Crippen LogP contribution in [0.3, 0.4) is 0 Å². The van der Waals surface area contributed by atoms with Crippen molar-refractivity contribution in [3.8, 4) is 24.7 Å². The van der Waals surface area contributed by atoms with Crippen LogP contribution in [-0.2, 0) is 0 Å². The van der Waals surface area contributed by atoms with E-state index < -0.39 is 0 Å². The van der Waals surface area contributed by atoms with Crippen molar-refractivity contribution < 1.29 is 0 Å². The largest absolute Gasteiger partial charge is 0.120 e. The van der Waals surface area contributed by atoms with E-state index in [9.17, 15) is 0 Å². The fraction of sp³-hybridized carbons (Fsp3) is 0.0909. The first-order chi connectivity index (χ1) is 5.35. The first-order valence-electron chi connectivity index (χ1n) is 3.24. The van der Waals surface area contributed by atoms with Gasteiger partial charge in [0.05, 0.1) is 0 Å². The summed E-state index contributed by atoms with van der Waals surface area (Å²) in [6.45, 7) is 1.65. The number of terminal acetylenes is 2. The van der Waals surface area contributed by atoms with Gasteiger partial charge in [-0.15, -0.1) is 18.8 Å². The molecule has 11 heavy (non-hydrogen) atoms. The van der Waals surface area contributed by atoms with Crippen LogP contribution in [0.15, 0.2) is 30.3 Å². The molecule has 0 fully saturated rings. The molecule has 0 aromatic heterocycles. The Balaban J connectivity index is 0.000000292. The molecular weight excluding hydrogens is 132 g/mol. The van der Waals surface area contributed by atoms with E-state index in [2.05, 4.69) is 18.3 Å². The molecule has 0 heterocycles. The maximum absolute atomic E-state index is 5.10. The molecule has 1 aromatic carbocycles. The van der Waals surface area contributed by atoms with Crippen molar-refractivity contribution in [1.29, 1.82) is 0 Å². The lowest BCUT2D eigenvalue weighted by Gasteiger charge is -1.82. The zero-order chi connectivity index (χ0) is 8.53. The van der Waals surface area contributed by atoms with Gasteiger partial charge >= 0.3 is 0 Å². The molecule has 0 aliphatic carbocycles. The lowest BCUT2D eigenvalue weighted by molar-refractivity contribution is 1.65. The highest BCUT2D eigenvalue weighted by Crippen LogP contribution is 1.92. The second-order valence-corrected chi connectivity index (χ2v) is 1.80. The van der Waals surface area contributed by atoms with Crippen LogP contribution in [0, 0.1) is 24.7 Å². The highest BCUT2D eigenvalue weighted by atomic mass is 13.8. The molecular formula is C11H10. The summed E-state index contributed by atoms with van der Waals surface area (Å²) in [5.41, 5.74) is 0.938. The van der Waals surface area contributed by atoms with Crippen molar-refractivity contribution in [1.82, 2.24) is 0 Å². The molecule has 0 amide bonds. The first-order valence-corrected chi connectivity index (χ1v) is 3.24. The van der Waals surface area contributed by atoms with E-state index in [1.165, 1.54) is 0 Å². The second kappa shape index (κ2) is 6.46. The van der Waals surface area contributed by atoms with Crippen molar-refractivity contribution in [3.63, 3.8) is 0 Å². The lowest BCUT2D eigenvalue weighted by atomic mass is 10.2. The summed E-state index contributed by atoms with van der Waals surface area (Å²) in [6, 6.07) is 9.60. The molecule has 0 saturated heterocycles. The topological polar surface area (TPSA) is 0 Å². The standard InChI is InChI=1S/C8H6.C3H4/c1-2-8-6-4-3-5-7-8;1-3-2/h1,3-7H;1H,2H3. The summed E-state index contributed by atoms with van der Waals surface area (Å²) in [5.74, 6) is 4.78. The van der Waals surface area contributed by atoms with Crippen LogP contribution in [-0.4, -0.2) is 0 Å². The summed E-state index contributed by atoms with van der Waals surface area (Å²) < 4.78 is 0. The normalized spacial score (nSPS) is 6.45. The molecule has 0 radical (unpaired) electrons. The molecule has 0 aliphatic rings. The predicted molar refractivity (Wildman–Crippen MR) is 48.9 cm³/mol. The van der Waals surface area contributed by atoms with Crippen molar-refractivity contribution in [2.45, 2.75) is 6.92 Å². The molecule has 54 valence electrons. The minimum Gasteiger partial charge on any atom is -0.120 e. The van der Waals surface area contributed by atoms with E-state index in [0.717, 1.165) is 5.56 Å². The van der Waals surface area contributed by atoms with E-state index in [1.807, 2.05) is 30.3 Å². The molecule has 1 aromatic rings. The lowest BCUT2D eigenvalue weighted by Crippen LogP contribution is -1.66. The average molecular weight is 142 g/mol. The first kappa shape index (κ1) is 9.34. The Morgan fingerprint density at radius 2 is 1.55 bits per heavy atom. The van der Waals surface area contributed by atoms with Crippen molar-refractivity contribution in [2.75, 3.05) is 0 Å². The van der Waals surface area contributed by atoms with Crippen LogP contribution in [0.2, 0.25) is 0 Å². The Bertz CT molecular complexity index is 256. The van der Waals surface area contributed by atoms with Gasteiger partial charge in [-0.3, -0.25) is 0 Å². The summed E-state index contributed by atoms with van der Waals surface area (Å²) in [7, 11) is 0. The fourth-order valence-corrected chi connectivity index (χ4v) is 0.534.